The first-order valence-corrected chi connectivity index (χ1v) is 8.87. The van der Waals surface area contributed by atoms with Crippen molar-refractivity contribution in [3.8, 4) is 0 Å². The molecule has 0 radical (unpaired) electrons. The molecule has 4 rings (SSSR count). The summed E-state index contributed by atoms with van der Waals surface area (Å²) in [6, 6.07) is 16.8. The van der Waals surface area contributed by atoms with Gasteiger partial charge >= 0.3 is 0 Å². The number of hydrogen-bond donors (Lipinski definition) is 0. The number of aryl methyl sites for hydroxylation is 1. The molecule has 0 aliphatic carbocycles. The lowest BCUT2D eigenvalue weighted by atomic mass is 10.0. The molecule has 0 aliphatic rings. The molecule has 5 heteroatoms. The largest absolute Gasteiger partial charge is 0.342 e. The van der Waals surface area contributed by atoms with Crippen LogP contribution in [0.25, 0.3) is 10.9 Å². The van der Waals surface area contributed by atoms with Crippen molar-refractivity contribution in [2.45, 2.75) is 13.5 Å². The van der Waals surface area contributed by atoms with Gasteiger partial charge < -0.3 is 4.57 Å². The number of aromatic nitrogens is 2. The van der Waals surface area contributed by atoms with Crippen molar-refractivity contribution in [2.24, 2.45) is 0 Å². The highest BCUT2D eigenvalue weighted by Gasteiger charge is 2.18. The van der Waals surface area contributed by atoms with Gasteiger partial charge in [-0.25, -0.2) is 4.39 Å². The Morgan fingerprint density at radius 1 is 1.07 bits per heavy atom. The second-order valence-corrected chi connectivity index (χ2v) is 6.62. The van der Waals surface area contributed by atoms with Gasteiger partial charge in [-0.05, 0) is 37.3 Å². The molecule has 0 saturated heterocycles. The maximum atomic E-state index is 14.2. The summed E-state index contributed by atoms with van der Waals surface area (Å²) in [7, 11) is 0. The maximum Gasteiger partial charge on any atom is 0.200 e. The van der Waals surface area contributed by atoms with E-state index in [1.54, 1.807) is 66.2 Å². The maximum absolute atomic E-state index is 14.2. The average Bonchev–Trinajstić information content (AvgIpc) is 2.71. The van der Waals surface area contributed by atoms with Crippen LogP contribution in [0.15, 0.2) is 77.9 Å². The summed E-state index contributed by atoms with van der Waals surface area (Å²) < 4.78 is 15.9. The van der Waals surface area contributed by atoms with Gasteiger partial charge in [-0.3, -0.25) is 14.6 Å². The Labute approximate surface area is 160 Å². The van der Waals surface area contributed by atoms with E-state index < -0.39 is 0 Å². The lowest BCUT2D eigenvalue weighted by molar-refractivity contribution is 0.103. The van der Waals surface area contributed by atoms with Crippen molar-refractivity contribution >= 4 is 16.7 Å². The number of ketones is 1. The molecule has 2 aromatic carbocycles. The van der Waals surface area contributed by atoms with Crippen molar-refractivity contribution in [3.05, 3.63) is 111 Å². The molecule has 0 unspecified atom stereocenters. The summed E-state index contributed by atoms with van der Waals surface area (Å²) in [4.78, 5) is 30.1. The second kappa shape index (κ2) is 7.19. The third kappa shape index (κ3) is 3.22. The normalized spacial score (nSPS) is 10.9. The molecule has 0 bridgehead atoms. The van der Waals surface area contributed by atoms with Gasteiger partial charge in [0, 0.05) is 34.6 Å². The number of rotatable bonds is 4. The lowest BCUT2D eigenvalue weighted by Gasteiger charge is -2.14. The highest BCUT2D eigenvalue weighted by molar-refractivity contribution is 6.10. The second-order valence-electron chi connectivity index (χ2n) is 6.62. The van der Waals surface area contributed by atoms with Crippen LogP contribution in [0.4, 0.5) is 4.39 Å². The fourth-order valence-corrected chi connectivity index (χ4v) is 3.29. The highest BCUT2D eigenvalue weighted by atomic mass is 19.1. The minimum atomic E-state index is -0.372. The summed E-state index contributed by atoms with van der Waals surface area (Å²) in [5, 5.41) is 0.426. The summed E-state index contributed by atoms with van der Waals surface area (Å²) in [5.74, 6) is -0.702. The molecule has 138 valence electrons. The number of halogens is 1. The lowest BCUT2D eigenvalue weighted by Crippen LogP contribution is -2.20. The third-order valence-corrected chi connectivity index (χ3v) is 4.69. The number of carbonyl (C=O) groups is 1. The smallest absolute Gasteiger partial charge is 0.200 e. The van der Waals surface area contributed by atoms with E-state index in [2.05, 4.69) is 4.98 Å². The first-order valence-electron chi connectivity index (χ1n) is 8.87. The monoisotopic (exact) mass is 372 g/mol. The fourth-order valence-electron chi connectivity index (χ4n) is 3.29. The van der Waals surface area contributed by atoms with Gasteiger partial charge in [0.1, 0.15) is 5.82 Å². The van der Waals surface area contributed by atoms with E-state index in [1.165, 1.54) is 12.3 Å². The van der Waals surface area contributed by atoms with Crippen LogP contribution in [0.5, 0.6) is 0 Å². The van der Waals surface area contributed by atoms with Crippen molar-refractivity contribution in [1.29, 1.82) is 0 Å². The summed E-state index contributed by atoms with van der Waals surface area (Å²) in [6.07, 6.45) is 3.07. The molecular weight excluding hydrogens is 355 g/mol. The van der Waals surface area contributed by atoms with Gasteiger partial charge in [-0.2, -0.15) is 0 Å². The quantitative estimate of drug-likeness (QED) is 0.506. The Bertz CT molecular complexity index is 1260. The summed E-state index contributed by atoms with van der Waals surface area (Å²) in [5.41, 5.74) is 1.95. The van der Waals surface area contributed by atoms with E-state index in [0.717, 1.165) is 0 Å². The van der Waals surface area contributed by atoms with Gasteiger partial charge in [0.05, 0.1) is 17.6 Å². The SMILES string of the molecule is Cc1cc(C(=O)c2cn(Cc3ccccc3F)c3ccccc3c2=O)ccn1. The third-order valence-electron chi connectivity index (χ3n) is 4.69. The molecule has 0 fully saturated rings. The molecule has 0 amide bonds. The number of pyridine rings is 2. The van der Waals surface area contributed by atoms with Crippen molar-refractivity contribution in [2.75, 3.05) is 0 Å². The number of benzene rings is 2. The van der Waals surface area contributed by atoms with Gasteiger partial charge in [-0.1, -0.05) is 30.3 Å². The zero-order chi connectivity index (χ0) is 19.7. The molecule has 4 nitrogen and oxygen atoms in total. The molecule has 0 aliphatic heterocycles. The van der Waals surface area contributed by atoms with Crippen molar-refractivity contribution in [1.82, 2.24) is 9.55 Å². The van der Waals surface area contributed by atoms with E-state index in [1.807, 2.05) is 6.07 Å². The van der Waals surface area contributed by atoms with Crippen LogP contribution in [0.3, 0.4) is 0 Å². The topological polar surface area (TPSA) is 52.0 Å². The van der Waals surface area contributed by atoms with E-state index in [9.17, 15) is 14.0 Å². The molecule has 0 saturated carbocycles. The highest BCUT2D eigenvalue weighted by Crippen LogP contribution is 2.17. The Kier molecular flexibility index (Phi) is 4.57. The van der Waals surface area contributed by atoms with E-state index in [4.69, 9.17) is 0 Å². The number of para-hydroxylation sites is 1. The molecule has 4 aromatic rings. The van der Waals surface area contributed by atoms with Crippen LogP contribution in [0, 0.1) is 12.7 Å². The zero-order valence-corrected chi connectivity index (χ0v) is 15.2. The van der Waals surface area contributed by atoms with Crippen LogP contribution in [0.2, 0.25) is 0 Å². The Hall–Kier alpha value is -3.60. The zero-order valence-electron chi connectivity index (χ0n) is 15.2. The molecule has 2 heterocycles. The number of carbonyl (C=O) groups excluding carboxylic acids is 1. The van der Waals surface area contributed by atoms with Gasteiger partial charge in [-0.15, -0.1) is 0 Å². The molecule has 0 spiro atoms. The van der Waals surface area contributed by atoms with E-state index in [-0.39, 0.29) is 29.1 Å². The van der Waals surface area contributed by atoms with Gasteiger partial charge in [0.15, 0.2) is 5.78 Å². The first kappa shape index (κ1) is 17.8. The standard InChI is InChI=1S/C23H17FN2O2/c1-15-12-16(10-11-25-15)22(27)19-14-26(13-17-6-2-4-8-20(17)24)21-9-5-3-7-18(21)23(19)28/h2-12,14H,13H2,1H3. The van der Waals surface area contributed by atoms with E-state index >= 15 is 0 Å². The fraction of sp³-hybridized carbons (Fsp3) is 0.0870. The van der Waals surface area contributed by atoms with Gasteiger partial charge in [0.25, 0.3) is 0 Å². The molecule has 0 N–H and O–H groups in total. The van der Waals surface area contributed by atoms with Gasteiger partial charge in [0.2, 0.25) is 5.43 Å². The van der Waals surface area contributed by atoms with Crippen LogP contribution < -0.4 is 5.43 Å². The minimum absolute atomic E-state index is 0.0561. The Morgan fingerprint density at radius 2 is 1.82 bits per heavy atom. The molecular formula is C23H17FN2O2. The van der Waals surface area contributed by atoms with Crippen molar-refractivity contribution < 1.29 is 9.18 Å². The van der Waals surface area contributed by atoms with Crippen LogP contribution in [0.1, 0.15) is 27.2 Å². The van der Waals surface area contributed by atoms with Crippen LogP contribution in [-0.4, -0.2) is 15.3 Å². The predicted octanol–water partition coefficient (Wildman–Crippen LogP) is 4.12. The molecule has 28 heavy (non-hydrogen) atoms. The summed E-state index contributed by atoms with van der Waals surface area (Å²) in [6.45, 7) is 2.00. The molecule has 0 atom stereocenters. The molecule has 2 aromatic heterocycles. The minimum Gasteiger partial charge on any atom is -0.342 e. The Balaban J connectivity index is 1.91. The first-order chi connectivity index (χ1) is 13.5. The van der Waals surface area contributed by atoms with Crippen LogP contribution in [-0.2, 0) is 6.54 Å². The number of fused-ring (bicyclic) bond motifs is 1. The summed E-state index contributed by atoms with van der Waals surface area (Å²) >= 11 is 0. The van der Waals surface area contributed by atoms with Crippen molar-refractivity contribution in [3.63, 3.8) is 0 Å². The Morgan fingerprint density at radius 3 is 2.61 bits per heavy atom. The number of nitrogens with zero attached hydrogens (tertiary/aromatic N) is 2. The average molecular weight is 372 g/mol. The van der Waals surface area contributed by atoms with Crippen LogP contribution >= 0.6 is 0 Å². The number of hydrogen-bond acceptors (Lipinski definition) is 3. The van der Waals surface area contributed by atoms with E-state index in [0.29, 0.717) is 27.7 Å². The predicted molar refractivity (Wildman–Crippen MR) is 106 cm³/mol.